The van der Waals surface area contributed by atoms with E-state index in [0.717, 1.165) is 52.2 Å². The van der Waals surface area contributed by atoms with Crippen molar-refractivity contribution < 1.29 is 79.3 Å². The minimum atomic E-state index is -4.66. The Labute approximate surface area is 489 Å². The first-order chi connectivity index (χ1) is 38.6. The van der Waals surface area contributed by atoms with Crippen molar-refractivity contribution in [2.75, 3.05) is 147 Å². The van der Waals surface area contributed by atoms with E-state index in [0.29, 0.717) is 51.1 Å². The standard InChI is InChI=1S/C37H62N3O8P.C23H35N2O7P/c1-8-9-10-11-12-13-14-15-16-17-18-19-20-35(41)31-25-30-21-22-32(39(3)4)27-34(30)36(26-31)45-28-33(48-37(42)38-2)29-47-49(43,44)46-24-23-40(5,6)7;1-17(26)19-12-18-8-9-20(24(2)3)14-22(18)23(13-19)30-15-21(29-7)16-32-33(27,28)31-11-10-25(4,5)6/h21-22,25-27,33H,8-20,23-24,28-29H2,1-7H3,(H-,38,42,43,44);8-9,12-14,21H,10-11,15-16H2,1-7H3/t33-;21-/m11/s1. The van der Waals surface area contributed by atoms with E-state index in [4.69, 9.17) is 37.0 Å². The van der Waals surface area contributed by atoms with Crippen LogP contribution in [0.3, 0.4) is 0 Å². The molecule has 0 bridgehead atoms. The first-order valence-electron chi connectivity index (χ1n) is 28.6. The number of hydrogen-bond donors (Lipinski definition) is 1. The lowest BCUT2D eigenvalue weighted by Crippen LogP contribution is -2.38. The lowest BCUT2D eigenvalue weighted by molar-refractivity contribution is -0.870. The van der Waals surface area contributed by atoms with E-state index in [9.17, 15) is 33.3 Å². The van der Waals surface area contributed by atoms with Crippen molar-refractivity contribution in [2.45, 2.75) is 110 Å². The van der Waals surface area contributed by atoms with Gasteiger partial charge >= 0.3 is 6.09 Å². The van der Waals surface area contributed by atoms with Crippen molar-refractivity contribution in [3.05, 3.63) is 71.8 Å². The number of carbonyl (C=O) groups is 3. The van der Waals surface area contributed by atoms with Crippen LogP contribution in [0.5, 0.6) is 11.5 Å². The molecule has 0 fully saturated rings. The summed E-state index contributed by atoms with van der Waals surface area (Å²) in [5.74, 6) is 0.890. The maximum absolute atomic E-state index is 13.3. The van der Waals surface area contributed by atoms with Crippen LogP contribution in [0.1, 0.15) is 118 Å². The van der Waals surface area contributed by atoms with Crippen LogP contribution in [-0.2, 0) is 36.7 Å². The predicted octanol–water partition coefficient (Wildman–Crippen LogP) is 10.2. The summed E-state index contributed by atoms with van der Waals surface area (Å²) in [6.45, 7) is 3.73. The van der Waals surface area contributed by atoms with Crippen molar-refractivity contribution in [3.8, 4) is 11.5 Å². The zero-order valence-corrected chi connectivity index (χ0v) is 53.4. The quantitative estimate of drug-likeness (QED) is 0.0190. The molecule has 2 unspecified atom stereocenters. The van der Waals surface area contributed by atoms with Gasteiger partial charge in [0.2, 0.25) is 0 Å². The first-order valence-corrected chi connectivity index (χ1v) is 31.5. The Morgan fingerprint density at radius 2 is 0.988 bits per heavy atom. The molecule has 0 aliphatic carbocycles. The van der Waals surface area contributed by atoms with Gasteiger partial charge in [-0.05, 0) is 72.6 Å². The van der Waals surface area contributed by atoms with Crippen molar-refractivity contribution >= 4 is 66.2 Å². The van der Waals surface area contributed by atoms with Crippen molar-refractivity contribution in [1.82, 2.24) is 5.32 Å². The molecule has 4 aromatic rings. The van der Waals surface area contributed by atoms with E-state index in [2.05, 4.69) is 12.2 Å². The highest BCUT2D eigenvalue weighted by Gasteiger charge is 2.23. The lowest BCUT2D eigenvalue weighted by Gasteiger charge is -2.28. The molecule has 20 nitrogen and oxygen atoms in total. The molecule has 0 saturated heterocycles. The van der Waals surface area contributed by atoms with Gasteiger partial charge in [0, 0.05) is 82.0 Å². The third kappa shape index (κ3) is 28.3. The van der Waals surface area contributed by atoms with Crippen molar-refractivity contribution in [2.24, 2.45) is 0 Å². The molecule has 1 N–H and O–H groups in total. The van der Waals surface area contributed by atoms with E-state index in [1.807, 2.05) is 129 Å². The number of nitrogens with zero attached hydrogens (tertiary/aromatic N) is 4. The molecule has 82 heavy (non-hydrogen) atoms. The Kier molecular flexibility index (Phi) is 31.0. The van der Waals surface area contributed by atoms with Crippen LogP contribution in [-0.4, -0.2) is 176 Å². The molecule has 0 aliphatic heterocycles. The van der Waals surface area contributed by atoms with Gasteiger partial charge in [-0.25, -0.2) is 4.79 Å². The number of unbranched alkanes of at least 4 members (excludes halogenated alkanes) is 11. The molecule has 1 amide bonds. The van der Waals surface area contributed by atoms with Crippen molar-refractivity contribution in [1.29, 1.82) is 0 Å². The number of rotatable bonds is 39. The number of alkyl carbamates (subject to hydrolysis) is 1. The number of nitrogens with one attached hydrogen (secondary N) is 1. The van der Waals surface area contributed by atoms with Gasteiger partial charge in [0.15, 0.2) is 17.7 Å². The van der Waals surface area contributed by atoms with Gasteiger partial charge in [-0.1, -0.05) is 89.7 Å². The van der Waals surface area contributed by atoms with Crippen LogP contribution in [0, 0.1) is 0 Å². The Morgan fingerprint density at radius 3 is 1.40 bits per heavy atom. The molecule has 0 saturated carbocycles. The Hall–Kier alpha value is -4.69. The summed E-state index contributed by atoms with van der Waals surface area (Å²) >= 11 is 0. The highest BCUT2D eigenvalue weighted by atomic mass is 31.2. The van der Waals surface area contributed by atoms with E-state index in [1.165, 1.54) is 78.9 Å². The maximum Gasteiger partial charge on any atom is 0.407 e. The normalized spacial score (nSPS) is 14.0. The molecule has 0 spiro atoms. The molecule has 4 aromatic carbocycles. The number of methoxy groups -OCH3 is 1. The number of Topliss-reactive ketones (excluding diaryl/α,β-unsaturated/α-hetero) is 2. The molecular weight excluding hydrogens is 1090 g/mol. The number of phosphoric ester groups is 2. The third-order valence-corrected chi connectivity index (χ3v) is 15.3. The number of amides is 1. The number of fused-ring (bicyclic) bond motifs is 2. The highest BCUT2D eigenvalue weighted by Crippen LogP contribution is 2.40. The van der Waals surface area contributed by atoms with Gasteiger partial charge in [-0.15, -0.1) is 0 Å². The van der Waals surface area contributed by atoms with Crippen LogP contribution in [0.4, 0.5) is 16.2 Å². The summed E-state index contributed by atoms with van der Waals surface area (Å²) in [6.07, 6.45) is 12.7. The van der Waals surface area contributed by atoms with Crippen LogP contribution in [0.15, 0.2) is 60.7 Å². The second kappa shape index (κ2) is 35.6. The zero-order chi connectivity index (χ0) is 61.1. The fourth-order valence-corrected chi connectivity index (χ4v) is 9.66. The van der Waals surface area contributed by atoms with Gasteiger partial charge in [0.1, 0.15) is 57.1 Å². The second-order valence-corrected chi connectivity index (χ2v) is 25.9. The highest BCUT2D eigenvalue weighted by molar-refractivity contribution is 7.46. The molecule has 4 atom stereocenters. The van der Waals surface area contributed by atoms with E-state index >= 15 is 0 Å². The minimum absolute atomic E-state index is 0.0243. The van der Waals surface area contributed by atoms with Gasteiger partial charge in [-0.2, -0.15) is 0 Å². The summed E-state index contributed by atoms with van der Waals surface area (Å²) in [5.41, 5.74) is 2.98. The predicted molar refractivity (Wildman–Crippen MR) is 323 cm³/mol. The molecule has 0 radical (unpaired) electrons. The average molecular weight is 1190 g/mol. The average Bonchev–Trinajstić information content (AvgIpc) is 3.51. The van der Waals surface area contributed by atoms with E-state index < -0.39 is 40.6 Å². The van der Waals surface area contributed by atoms with Crippen LogP contribution in [0.2, 0.25) is 0 Å². The van der Waals surface area contributed by atoms with Gasteiger partial charge in [-0.3, -0.25) is 18.7 Å². The fourth-order valence-electron chi connectivity index (χ4n) is 8.21. The van der Waals surface area contributed by atoms with Crippen LogP contribution in [0.25, 0.3) is 21.5 Å². The summed E-state index contributed by atoms with van der Waals surface area (Å²) < 4.78 is 68.4. The van der Waals surface area contributed by atoms with E-state index in [-0.39, 0.29) is 44.6 Å². The third-order valence-electron chi connectivity index (χ3n) is 13.3. The number of benzene rings is 4. The monoisotopic (exact) mass is 1190 g/mol. The number of carbonyl (C=O) groups excluding carboxylic acids is 3. The molecule has 0 aliphatic rings. The minimum Gasteiger partial charge on any atom is -0.756 e. The number of ketones is 2. The second-order valence-electron chi connectivity index (χ2n) is 23.1. The number of phosphoric acid groups is 2. The topological polar surface area (TPSA) is 224 Å². The smallest absolute Gasteiger partial charge is 0.407 e. The zero-order valence-electron chi connectivity index (χ0n) is 51.6. The Morgan fingerprint density at radius 1 is 0.573 bits per heavy atom. The van der Waals surface area contributed by atoms with E-state index in [1.54, 1.807) is 12.1 Å². The van der Waals surface area contributed by atoms with Crippen LogP contribution >= 0.6 is 15.6 Å². The number of quaternary nitrogens is 2. The Balaban J connectivity index is 0.000000464. The molecule has 0 heterocycles. The Bertz CT molecular complexity index is 2690. The largest absolute Gasteiger partial charge is 0.756 e. The maximum atomic E-state index is 13.3. The first kappa shape index (κ1) is 71.6. The fraction of sp³-hybridized carbons (Fsp3) is 0.617. The van der Waals surface area contributed by atoms with Gasteiger partial charge < -0.3 is 70.9 Å². The SMILES string of the molecule is CCCCCCCCCCCCCCC(=O)c1cc(OC[C@H](COP(=O)([O-])OCC[N+](C)(C)C)OC(=O)NC)c2cc(N(C)C)ccc2c1.CO[C@H](COc1cc(C(C)=O)cc2ccc(N(C)C)cc12)COP(=O)([O-])OCC[N+](C)(C)C. The molecule has 0 aromatic heterocycles. The van der Waals surface area contributed by atoms with Crippen LogP contribution < -0.4 is 34.4 Å². The summed E-state index contributed by atoms with van der Waals surface area (Å²) in [7, 11) is 13.0. The molecule has 462 valence electrons. The summed E-state index contributed by atoms with van der Waals surface area (Å²) in [5, 5.41) is 5.66. The summed E-state index contributed by atoms with van der Waals surface area (Å²) in [4.78, 5) is 65.8. The van der Waals surface area contributed by atoms with Gasteiger partial charge in [0.05, 0.1) is 55.5 Å². The molecule has 4 rings (SSSR count). The van der Waals surface area contributed by atoms with Gasteiger partial charge in [0.25, 0.3) is 15.6 Å². The summed E-state index contributed by atoms with van der Waals surface area (Å²) in [6, 6.07) is 18.9. The number of hydrogen-bond acceptors (Lipinski definition) is 17. The lowest BCUT2D eigenvalue weighted by atomic mass is 9.99. The number of likely N-dealkylation sites (N-methyl/N-ethyl adjacent to an activating group) is 2. The number of anilines is 2. The van der Waals surface area contributed by atoms with Crippen molar-refractivity contribution in [3.63, 3.8) is 0 Å². The number of ether oxygens (including phenoxy) is 4. The molecular formula is C60H97N5O15P2. The molecule has 22 heteroatoms.